The highest BCUT2D eigenvalue weighted by Crippen LogP contribution is 2.32. The van der Waals surface area contributed by atoms with E-state index in [4.69, 9.17) is 17.3 Å². The minimum Gasteiger partial charge on any atom is -0.320 e. The Hall–Kier alpha value is -1.31. The van der Waals surface area contributed by atoms with Crippen LogP contribution in [0.15, 0.2) is 24.3 Å². The SMILES string of the molecule is Cc1c(C)c(C)c(C(N)c2ccc(Cl)cc2)c(C)c1C. The molecule has 2 aromatic rings. The van der Waals surface area contributed by atoms with Gasteiger partial charge in [-0.25, -0.2) is 0 Å². The zero-order valence-corrected chi connectivity index (χ0v) is 13.6. The van der Waals surface area contributed by atoms with Crippen molar-refractivity contribution in [2.24, 2.45) is 5.73 Å². The van der Waals surface area contributed by atoms with Crippen LogP contribution in [0.25, 0.3) is 0 Å². The van der Waals surface area contributed by atoms with Gasteiger partial charge in [0, 0.05) is 5.02 Å². The highest BCUT2D eigenvalue weighted by atomic mass is 35.5. The van der Waals surface area contributed by atoms with Crippen molar-refractivity contribution >= 4 is 11.6 Å². The number of rotatable bonds is 2. The van der Waals surface area contributed by atoms with E-state index in [1.807, 2.05) is 24.3 Å². The van der Waals surface area contributed by atoms with Gasteiger partial charge < -0.3 is 5.73 Å². The highest BCUT2D eigenvalue weighted by molar-refractivity contribution is 6.30. The molecular formula is C18H22ClN. The van der Waals surface area contributed by atoms with E-state index in [-0.39, 0.29) is 6.04 Å². The van der Waals surface area contributed by atoms with Crippen LogP contribution in [0.1, 0.15) is 45.0 Å². The minimum absolute atomic E-state index is 0.106. The van der Waals surface area contributed by atoms with E-state index in [0.29, 0.717) is 0 Å². The highest BCUT2D eigenvalue weighted by Gasteiger charge is 2.18. The number of halogens is 1. The lowest BCUT2D eigenvalue weighted by Crippen LogP contribution is -2.17. The molecule has 0 fully saturated rings. The van der Waals surface area contributed by atoms with Crippen LogP contribution in [0.2, 0.25) is 5.02 Å². The lowest BCUT2D eigenvalue weighted by atomic mass is 9.84. The molecule has 0 radical (unpaired) electrons. The van der Waals surface area contributed by atoms with Gasteiger partial charge in [-0.15, -0.1) is 0 Å². The zero-order chi connectivity index (χ0) is 15.0. The Bertz CT molecular complexity index is 612. The monoisotopic (exact) mass is 287 g/mol. The molecule has 0 aliphatic heterocycles. The molecule has 0 amide bonds. The Morgan fingerprint density at radius 3 is 1.60 bits per heavy atom. The lowest BCUT2D eigenvalue weighted by molar-refractivity contribution is 0.843. The molecule has 0 aliphatic carbocycles. The predicted octanol–water partition coefficient (Wildman–Crippen LogP) is 4.93. The summed E-state index contributed by atoms with van der Waals surface area (Å²) < 4.78 is 0. The Labute approximate surface area is 126 Å². The van der Waals surface area contributed by atoms with Gasteiger partial charge in [0.25, 0.3) is 0 Å². The standard InChI is InChI=1S/C18H22ClN/c1-10-11(2)13(4)17(14(5)12(10)3)18(20)15-6-8-16(19)9-7-15/h6-9,18H,20H2,1-5H3. The average molecular weight is 288 g/mol. The van der Waals surface area contributed by atoms with Gasteiger partial charge in [0.15, 0.2) is 0 Å². The van der Waals surface area contributed by atoms with Crippen LogP contribution < -0.4 is 5.73 Å². The molecule has 2 rings (SSSR count). The van der Waals surface area contributed by atoms with Gasteiger partial charge in [0.2, 0.25) is 0 Å². The van der Waals surface area contributed by atoms with Crippen LogP contribution >= 0.6 is 11.6 Å². The smallest absolute Gasteiger partial charge is 0.0557 e. The normalized spacial score (nSPS) is 12.6. The third kappa shape index (κ3) is 2.48. The topological polar surface area (TPSA) is 26.0 Å². The molecule has 0 aromatic heterocycles. The Balaban J connectivity index is 2.60. The predicted molar refractivity (Wildman–Crippen MR) is 87.6 cm³/mol. The van der Waals surface area contributed by atoms with Gasteiger partial charge in [0.05, 0.1) is 6.04 Å². The molecule has 0 heterocycles. The van der Waals surface area contributed by atoms with Crippen LogP contribution in [-0.4, -0.2) is 0 Å². The zero-order valence-electron chi connectivity index (χ0n) is 12.8. The first-order valence-corrected chi connectivity index (χ1v) is 7.30. The summed E-state index contributed by atoms with van der Waals surface area (Å²) in [7, 11) is 0. The molecule has 2 heteroatoms. The second-order valence-electron chi connectivity index (χ2n) is 5.57. The summed E-state index contributed by atoms with van der Waals surface area (Å²) in [4.78, 5) is 0. The van der Waals surface area contributed by atoms with E-state index in [1.54, 1.807) is 0 Å². The summed E-state index contributed by atoms with van der Waals surface area (Å²) in [5.41, 5.74) is 15.5. The van der Waals surface area contributed by atoms with Crippen molar-refractivity contribution in [2.45, 2.75) is 40.7 Å². The minimum atomic E-state index is -0.106. The number of hydrogen-bond acceptors (Lipinski definition) is 1. The summed E-state index contributed by atoms with van der Waals surface area (Å²) in [6, 6.07) is 7.71. The summed E-state index contributed by atoms with van der Waals surface area (Å²) >= 11 is 5.96. The molecule has 1 atom stereocenters. The molecular weight excluding hydrogens is 266 g/mol. The second-order valence-corrected chi connectivity index (χ2v) is 6.00. The van der Waals surface area contributed by atoms with Crippen molar-refractivity contribution in [1.29, 1.82) is 0 Å². The number of hydrogen-bond donors (Lipinski definition) is 1. The lowest BCUT2D eigenvalue weighted by Gasteiger charge is -2.23. The molecule has 0 saturated carbocycles. The van der Waals surface area contributed by atoms with E-state index >= 15 is 0 Å². The first-order valence-electron chi connectivity index (χ1n) is 6.92. The van der Waals surface area contributed by atoms with E-state index < -0.39 is 0 Å². The molecule has 2 N–H and O–H groups in total. The van der Waals surface area contributed by atoms with Crippen molar-refractivity contribution in [2.75, 3.05) is 0 Å². The molecule has 0 saturated heterocycles. The Morgan fingerprint density at radius 1 is 0.750 bits per heavy atom. The first-order chi connectivity index (χ1) is 9.34. The van der Waals surface area contributed by atoms with Gasteiger partial charge in [-0.1, -0.05) is 23.7 Å². The van der Waals surface area contributed by atoms with Crippen LogP contribution in [-0.2, 0) is 0 Å². The van der Waals surface area contributed by atoms with Crippen molar-refractivity contribution < 1.29 is 0 Å². The van der Waals surface area contributed by atoms with Gasteiger partial charge in [-0.2, -0.15) is 0 Å². The van der Waals surface area contributed by atoms with Gasteiger partial charge in [-0.3, -0.25) is 0 Å². The van der Waals surface area contributed by atoms with E-state index in [0.717, 1.165) is 10.6 Å². The molecule has 0 bridgehead atoms. The van der Waals surface area contributed by atoms with Crippen LogP contribution in [0.5, 0.6) is 0 Å². The third-order valence-electron chi connectivity index (χ3n) is 4.60. The summed E-state index contributed by atoms with van der Waals surface area (Å²) in [5, 5.41) is 0.741. The molecule has 1 unspecified atom stereocenters. The maximum absolute atomic E-state index is 6.51. The molecule has 1 nitrogen and oxygen atoms in total. The summed E-state index contributed by atoms with van der Waals surface area (Å²) in [5.74, 6) is 0. The maximum Gasteiger partial charge on any atom is 0.0557 e. The van der Waals surface area contributed by atoms with E-state index in [1.165, 1.54) is 33.4 Å². The molecule has 0 aliphatic rings. The van der Waals surface area contributed by atoms with Crippen molar-refractivity contribution in [3.63, 3.8) is 0 Å². The fourth-order valence-corrected chi connectivity index (χ4v) is 2.96. The quantitative estimate of drug-likeness (QED) is 0.833. The van der Waals surface area contributed by atoms with Crippen LogP contribution in [0.4, 0.5) is 0 Å². The molecule has 2 aromatic carbocycles. The summed E-state index contributed by atoms with van der Waals surface area (Å²) in [6.45, 7) is 10.9. The number of nitrogens with two attached hydrogens (primary N) is 1. The maximum atomic E-state index is 6.51. The van der Waals surface area contributed by atoms with Crippen LogP contribution in [0, 0.1) is 34.6 Å². The molecule has 0 spiro atoms. The fraction of sp³-hybridized carbons (Fsp3) is 0.333. The van der Waals surface area contributed by atoms with Crippen LogP contribution in [0.3, 0.4) is 0 Å². The second kappa shape index (κ2) is 5.59. The van der Waals surface area contributed by atoms with Gasteiger partial charge in [0.1, 0.15) is 0 Å². The molecule has 106 valence electrons. The van der Waals surface area contributed by atoms with Gasteiger partial charge >= 0.3 is 0 Å². The van der Waals surface area contributed by atoms with Crippen molar-refractivity contribution in [3.05, 3.63) is 68.2 Å². The third-order valence-corrected chi connectivity index (χ3v) is 4.85. The van der Waals surface area contributed by atoms with E-state index in [2.05, 4.69) is 34.6 Å². The Morgan fingerprint density at radius 2 is 1.15 bits per heavy atom. The van der Waals surface area contributed by atoms with Crippen molar-refractivity contribution in [3.8, 4) is 0 Å². The largest absolute Gasteiger partial charge is 0.320 e. The van der Waals surface area contributed by atoms with Crippen molar-refractivity contribution in [1.82, 2.24) is 0 Å². The van der Waals surface area contributed by atoms with E-state index in [9.17, 15) is 0 Å². The fourth-order valence-electron chi connectivity index (χ4n) is 2.83. The summed E-state index contributed by atoms with van der Waals surface area (Å²) in [6.07, 6.45) is 0. The molecule has 20 heavy (non-hydrogen) atoms. The number of benzene rings is 2. The van der Waals surface area contributed by atoms with Gasteiger partial charge in [-0.05, 0) is 85.7 Å². The Kier molecular flexibility index (Phi) is 4.22. The first kappa shape index (κ1) is 15.1. The average Bonchev–Trinajstić information content (AvgIpc) is 2.44.